The number of anilines is 2. The maximum atomic E-state index is 15.1. The summed E-state index contributed by atoms with van der Waals surface area (Å²) in [5.41, 5.74) is 7.80. The van der Waals surface area contributed by atoms with Crippen LogP contribution in [0.3, 0.4) is 0 Å². The molecule has 0 spiro atoms. The maximum absolute atomic E-state index is 15.1. The smallest absolute Gasteiger partial charge is 0.406 e. The molecular weight excluding hydrogens is 563 g/mol. The van der Waals surface area contributed by atoms with E-state index in [1.165, 1.54) is 45.7 Å². The van der Waals surface area contributed by atoms with E-state index in [1.54, 1.807) is 0 Å². The molecule has 2 unspecified atom stereocenters. The lowest BCUT2D eigenvalue weighted by atomic mass is 9.98. The van der Waals surface area contributed by atoms with E-state index in [0.29, 0.717) is 33.9 Å². The fourth-order valence-corrected chi connectivity index (χ4v) is 6.07. The Bertz CT molecular complexity index is 1370. The molecule has 6 rings (SSSR count). The first-order chi connectivity index (χ1) is 20.0. The largest absolute Gasteiger partial charge is 0.453 e. The predicted molar refractivity (Wildman–Crippen MR) is 163 cm³/mol. The van der Waals surface area contributed by atoms with Crippen molar-refractivity contribution in [3.63, 3.8) is 0 Å². The van der Waals surface area contributed by atoms with Gasteiger partial charge >= 0.3 is 6.09 Å². The number of amides is 1. The number of likely N-dealkylation sites (N-methyl/N-ethyl adjacent to an activating group) is 1. The summed E-state index contributed by atoms with van der Waals surface area (Å²) in [5, 5.41) is 11.5. The third-order valence-electron chi connectivity index (χ3n) is 8.02. The van der Waals surface area contributed by atoms with Gasteiger partial charge in [0.2, 0.25) is 11.9 Å². The highest BCUT2D eigenvalue weighted by molar-refractivity contribution is 6.33. The van der Waals surface area contributed by atoms with Gasteiger partial charge in [-0.2, -0.15) is 0 Å². The number of aliphatic hydroxyl groups excluding tert-OH is 1. The molecule has 42 heavy (non-hydrogen) atoms. The topological polar surface area (TPSA) is 135 Å². The van der Waals surface area contributed by atoms with E-state index in [0.717, 1.165) is 43.8 Å². The molecule has 2 bridgehead atoms. The summed E-state index contributed by atoms with van der Waals surface area (Å²) in [6, 6.07) is 4.37. The average molecular weight is 605 g/mol. The molecule has 1 saturated carbocycles. The molecule has 2 atom stereocenters. The molecule has 3 aromatic rings. The molecule has 3 aliphatic rings. The number of nitrogens with one attached hydrogen (secondary N) is 1. The summed E-state index contributed by atoms with van der Waals surface area (Å²) < 4.78 is 21.4. The number of ether oxygens (including phenoxy) is 1. The quantitative estimate of drug-likeness (QED) is 0.391. The number of rotatable bonds is 3. The Morgan fingerprint density at radius 1 is 1.19 bits per heavy atom. The zero-order valence-electron chi connectivity index (χ0n) is 25.0. The number of hydrogen-bond acceptors (Lipinski definition) is 9. The van der Waals surface area contributed by atoms with Crippen molar-refractivity contribution in [2.75, 3.05) is 44.9 Å². The number of alkyl carbamates (subject to hydrolysis) is 1. The summed E-state index contributed by atoms with van der Waals surface area (Å²) in [7, 11) is 4.99. The van der Waals surface area contributed by atoms with Crippen LogP contribution in [-0.4, -0.2) is 88.1 Å². The fraction of sp³-hybridized carbons (Fsp3) is 0.586. The van der Waals surface area contributed by atoms with Crippen LogP contribution >= 0.6 is 11.6 Å². The molecule has 13 heteroatoms. The first-order valence-corrected chi connectivity index (χ1v) is 14.8. The number of nitrogen functional groups attached to an aromatic ring is 1. The van der Waals surface area contributed by atoms with Gasteiger partial charge in [-0.25, -0.2) is 24.1 Å². The highest BCUT2D eigenvalue weighted by Crippen LogP contribution is 2.38. The van der Waals surface area contributed by atoms with E-state index in [1.807, 2.05) is 6.07 Å². The van der Waals surface area contributed by atoms with Gasteiger partial charge in [0.05, 0.1) is 35.6 Å². The van der Waals surface area contributed by atoms with Gasteiger partial charge in [0.15, 0.2) is 5.82 Å². The van der Waals surface area contributed by atoms with Gasteiger partial charge in [0, 0.05) is 43.8 Å². The SMILES string of the molecule is CC(C)n1c(N2CC3CC2CN3C)nc2c(F)cc(-c3nc(N)ncc3Cl)cc21.CNC(=O)OC.OC1CCCCC1. The molecule has 1 amide bonds. The number of fused-ring (bicyclic) bond motifs is 3. The standard InChI is InChI=1S/C20H23ClFN7.C6H12O.C3H7NO2/c1-10(2)29-16-5-11(17-14(21)7-24-19(23)25-17)4-15(22)18(16)26-20(29)28-9-12-6-13(28)8-27(12)3;7-6-4-2-1-3-5-6;1-4-3(5)6-2/h4-5,7,10,12-13H,6,8-9H2,1-3H3,(H2,23,24,25);6-7H,1-5H2;1-2H3,(H,4,5). The van der Waals surface area contributed by atoms with Crippen molar-refractivity contribution < 1.29 is 19.0 Å². The van der Waals surface area contributed by atoms with Crippen LogP contribution in [0.4, 0.5) is 21.1 Å². The second-order valence-corrected chi connectivity index (χ2v) is 11.7. The van der Waals surface area contributed by atoms with E-state index in [4.69, 9.17) is 27.4 Å². The average Bonchev–Trinajstić information content (AvgIpc) is 3.67. The second-order valence-electron chi connectivity index (χ2n) is 11.3. The highest BCUT2D eigenvalue weighted by atomic mass is 35.5. The lowest BCUT2D eigenvalue weighted by Gasteiger charge is -2.33. The number of carbonyl (C=O) groups excluding carboxylic acids is 1. The molecule has 11 nitrogen and oxygen atoms in total. The summed E-state index contributed by atoms with van der Waals surface area (Å²) in [6.45, 7) is 6.10. The number of benzene rings is 1. The molecular formula is C29H42ClFN8O3. The second kappa shape index (κ2) is 13.8. The molecule has 1 aliphatic carbocycles. The zero-order valence-corrected chi connectivity index (χ0v) is 25.7. The molecule has 0 radical (unpaired) electrons. The highest BCUT2D eigenvalue weighted by Gasteiger charge is 2.43. The third-order valence-corrected chi connectivity index (χ3v) is 8.29. The molecule has 2 aliphatic heterocycles. The van der Waals surface area contributed by atoms with E-state index in [-0.39, 0.29) is 18.1 Å². The predicted octanol–water partition coefficient (Wildman–Crippen LogP) is 4.63. The number of hydrogen-bond donors (Lipinski definition) is 3. The van der Waals surface area contributed by atoms with Crippen molar-refractivity contribution >= 4 is 40.6 Å². The Labute approximate surface area is 251 Å². The van der Waals surface area contributed by atoms with E-state index in [2.05, 4.69) is 55.3 Å². The van der Waals surface area contributed by atoms with Crippen molar-refractivity contribution in [1.82, 2.24) is 29.7 Å². The van der Waals surface area contributed by atoms with E-state index >= 15 is 4.39 Å². The van der Waals surface area contributed by atoms with Gasteiger partial charge in [0.25, 0.3) is 0 Å². The number of aliphatic hydroxyl groups is 1. The molecule has 1 aromatic carbocycles. The van der Waals surface area contributed by atoms with Gasteiger partial charge in [0.1, 0.15) is 5.52 Å². The van der Waals surface area contributed by atoms with Gasteiger partial charge in [-0.3, -0.25) is 4.90 Å². The zero-order chi connectivity index (χ0) is 30.6. The fourth-order valence-electron chi connectivity index (χ4n) is 5.87. The maximum Gasteiger partial charge on any atom is 0.406 e. The number of methoxy groups -OCH3 is 1. The summed E-state index contributed by atoms with van der Waals surface area (Å²) >= 11 is 6.26. The number of likely N-dealkylation sites (tertiary alicyclic amines) is 1. The molecule has 4 heterocycles. The van der Waals surface area contributed by atoms with Crippen molar-refractivity contribution in [1.29, 1.82) is 0 Å². The summed E-state index contributed by atoms with van der Waals surface area (Å²) in [6.07, 6.45) is 8.08. The van der Waals surface area contributed by atoms with Gasteiger partial charge < -0.3 is 30.4 Å². The van der Waals surface area contributed by atoms with Crippen molar-refractivity contribution in [3.8, 4) is 11.3 Å². The van der Waals surface area contributed by atoms with Crippen molar-refractivity contribution in [3.05, 3.63) is 29.2 Å². The Morgan fingerprint density at radius 2 is 1.90 bits per heavy atom. The number of imidazole rings is 1. The molecule has 3 fully saturated rings. The molecule has 2 saturated heterocycles. The monoisotopic (exact) mass is 604 g/mol. The Morgan fingerprint density at radius 3 is 2.40 bits per heavy atom. The third kappa shape index (κ3) is 7.04. The van der Waals surface area contributed by atoms with Gasteiger partial charge in [-0.05, 0) is 52.3 Å². The summed E-state index contributed by atoms with van der Waals surface area (Å²) in [4.78, 5) is 27.4. The van der Waals surface area contributed by atoms with Crippen LogP contribution in [0.5, 0.6) is 0 Å². The molecule has 230 valence electrons. The number of nitrogens with zero attached hydrogens (tertiary/aromatic N) is 6. The van der Waals surface area contributed by atoms with Gasteiger partial charge in [-0.1, -0.05) is 30.9 Å². The minimum atomic E-state index is -0.407. The number of piperazine rings is 1. The number of halogens is 2. The van der Waals surface area contributed by atoms with Crippen LogP contribution in [0.25, 0.3) is 22.3 Å². The Kier molecular flexibility index (Phi) is 10.4. The lowest BCUT2D eigenvalue weighted by Crippen LogP contribution is -2.45. The van der Waals surface area contributed by atoms with Crippen LogP contribution in [0.15, 0.2) is 18.3 Å². The number of aromatic nitrogens is 4. The molecule has 2 aromatic heterocycles. The number of nitrogens with two attached hydrogens (primary N) is 1. The first-order valence-electron chi connectivity index (χ1n) is 14.4. The minimum absolute atomic E-state index is 0.0359. The first kappa shape index (κ1) is 31.7. The van der Waals surface area contributed by atoms with Crippen molar-refractivity contribution in [2.45, 2.75) is 76.6 Å². The Hall–Kier alpha value is -3.22. The van der Waals surface area contributed by atoms with Crippen LogP contribution in [-0.2, 0) is 4.74 Å². The van der Waals surface area contributed by atoms with Crippen LogP contribution in [0, 0.1) is 5.82 Å². The van der Waals surface area contributed by atoms with E-state index < -0.39 is 11.9 Å². The minimum Gasteiger partial charge on any atom is -0.453 e. The van der Waals surface area contributed by atoms with Crippen molar-refractivity contribution in [2.24, 2.45) is 0 Å². The van der Waals surface area contributed by atoms with E-state index in [9.17, 15) is 4.79 Å². The van der Waals surface area contributed by atoms with Gasteiger partial charge in [-0.15, -0.1) is 0 Å². The molecule has 4 N–H and O–H groups in total. The van der Waals surface area contributed by atoms with Crippen LogP contribution in [0.1, 0.15) is 58.4 Å². The Balaban J connectivity index is 0.000000259. The van der Waals surface area contributed by atoms with Crippen LogP contribution < -0.4 is 16.0 Å². The lowest BCUT2D eigenvalue weighted by molar-refractivity contribution is 0.130. The normalized spacial score (nSPS) is 20.3. The number of carbonyl (C=O) groups is 1. The van der Waals surface area contributed by atoms with Crippen LogP contribution in [0.2, 0.25) is 5.02 Å². The summed E-state index contributed by atoms with van der Waals surface area (Å²) in [5.74, 6) is 0.535.